The van der Waals surface area contributed by atoms with Crippen LogP contribution in [0.5, 0.6) is 0 Å². The van der Waals surface area contributed by atoms with Crippen LogP contribution < -0.4 is 10.6 Å². The third-order valence-electron chi connectivity index (χ3n) is 2.75. The van der Waals surface area contributed by atoms with Gasteiger partial charge in [-0.1, -0.05) is 13.8 Å². The first-order valence-electron chi connectivity index (χ1n) is 6.37. The first-order valence-corrected chi connectivity index (χ1v) is 7.98. The fraction of sp³-hybridized carbons (Fsp3) is 0.909. The van der Waals surface area contributed by atoms with Gasteiger partial charge in [-0.3, -0.25) is 4.79 Å². The van der Waals surface area contributed by atoms with Crippen LogP contribution >= 0.6 is 0 Å². The number of piperazine rings is 1. The van der Waals surface area contributed by atoms with E-state index in [2.05, 4.69) is 10.6 Å². The number of amides is 1. The van der Waals surface area contributed by atoms with E-state index in [9.17, 15) is 13.2 Å². The van der Waals surface area contributed by atoms with Crippen molar-refractivity contribution in [1.82, 2.24) is 14.9 Å². The highest BCUT2D eigenvalue weighted by molar-refractivity contribution is 7.89. The summed E-state index contributed by atoms with van der Waals surface area (Å²) in [5.74, 6) is 0.187. The molecular weight excluding hydrogens is 254 g/mol. The van der Waals surface area contributed by atoms with Crippen molar-refractivity contribution in [3.63, 3.8) is 0 Å². The van der Waals surface area contributed by atoms with Gasteiger partial charge in [0.15, 0.2) is 0 Å². The van der Waals surface area contributed by atoms with Gasteiger partial charge in [0.25, 0.3) is 0 Å². The van der Waals surface area contributed by atoms with Crippen LogP contribution in [0, 0.1) is 5.92 Å². The Bertz CT molecular complexity index is 362. The van der Waals surface area contributed by atoms with Gasteiger partial charge in [-0.15, -0.1) is 0 Å². The standard InChI is InChI=1S/C11H23N3O3S/c1-10(2)9-11(15)13-5-8-18(16,17)14-6-3-12-4-7-14/h10,12H,3-9H2,1-2H3,(H,13,15). The molecule has 1 amide bonds. The molecule has 0 radical (unpaired) electrons. The van der Waals surface area contributed by atoms with Crippen molar-refractivity contribution < 1.29 is 13.2 Å². The molecule has 0 atom stereocenters. The normalized spacial score (nSPS) is 17.9. The zero-order valence-corrected chi connectivity index (χ0v) is 11.9. The maximum absolute atomic E-state index is 11.9. The minimum absolute atomic E-state index is 0.0170. The average Bonchev–Trinajstić information content (AvgIpc) is 2.29. The van der Waals surface area contributed by atoms with Crippen molar-refractivity contribution >= 4 is 15.9 Å². The summed E-state index contributed by atoms with van der Waals surface area (Å²) in [6.45, 7) is 6.52. The molecule has 0 spiro atoms. The van der Waals surface area contributed by atoms with Crippen LogP contribution in [0.3, 0.4) is 0 Å². The summed E-state index contributed by atoms with van der Waals surface area (Å²) in [5, 5.41) is 5.76. The highest BCUT2D eigenvalue weighted by atomic mass is 32.2. The smallest absolute Gasteiger partial charge is 0.220 e. The molecule has 0 aromatic heterocycles. The van der Waals surface area contributed by atoms with Crippen molar-refractivity contribution in [2.24, 2.45) is 5.92 Å². The first-order chi connectivity index (χ1) is 8.42. The number of hydrogen-bond acceptors (Lipinski definition) is 4. The number of rotatable bonds is 6. The van der Waals surface area contributed by atoms with Gasteiger partial charge in [-0.2, -0.15) is 4.31 Å². The Morgan fingerprint density at radius 1 is 1.33 bits per heavy atom. The number of nitrogens with one attached hydrogen (secondary N) is 2. The molecule has 1 heterocycles. The van der Waals surface area contributed by atoms with E-state index in [1.807, 2.05) is 13.8 Å². The molecule has 0 aromatic rings. The molecule has 1 aliphatic rings. The molecule has 2 N–H and O–H groups in total. The molecule has 6 nitrogen and oxygen atoms in total. The van der Waals surface area contributed by atoms with Gasteiger partial charge >= 0.3 is 0 Å². The van der Waals surface area contributed by atoms with Gasteiger partial charge < -0.3 is 10.6 Å². The Hall–Kier alpha value is -0.660. The highest BCUT2D eigenvalue weighted by Gasteiger charge is 2.23. The van der Waals surface area contributed by atoms with E-state index in [1.54, 1.807) is 0 Å². The van der Waals surface area contributed by atoms with Gasteiger partial charge in [0.1, 0.15) is 0 Å². The summed E-state index contributed by atoms with van der Waals surface area (Å²) in [6.07, 6.45) is 0.438. The molecule has 1 saturated heterocycles. The van der Waals surface area contributed by atoms with E-state index in [0.717, 1.165) is 0 Å². The topological polar surface area (TPSA) is 78.5 Å². The zero-order chi connectivity index (χ0) is 13.6. The maximum atomic E-state index is 11.9. The molecule has 0 aromatic carbocycles. The predicted molar refractivity (Wildman–Crippen MR) is 70.7 cm³/mol. The van der Waals surface area contributed by atoms with Crippen LogP contribution in [0.1, 0.15) is 20.3 Å². The molecule has 0 unspecified atom stereocenters. The molecule has 1 rings (SSSR count). The summed E-state index contributed by atoms with van der Waals surface area (Å²) in [5.41, 5.74) is 0. The van der Waals surface area contributed by atoms with Crippen molar-refractivity contribution in [2.45, 2.75) is 20.3 Å². The van der Waals surface area contributed by atoms with Crippen LogP contribution in [0.15, 0.2) is 0 Å². The number of sulfonamides is 1. The summed E-state index contributed by atoms with van der Waals surface area (Å²) >= 11 is 0. The molecule has 1 aliphatic heterocycles. The fourth-order valence-corrected chi connectivity index (χ4v) is 3.17. The lowest BCUT2D eigenvalue weighted by molar-refractivity contribution is -0.121. The molecule has 0 bridgehead atoms. The monoisotopic (exact) mass is 277 g/mol. The minimum Gasteiger partial charge on any atom is -0.355 e. The van der Waals surface area contributed by atoms with Crippen molar-refractivity contribution in [1.29, 1.82) is 0 Å². The van der Waals surface area contributed by atoms with Gasteiger partial charge in [0.2, 0.25) is 15.9 Å². The van der Waals surface area contributed by atoms with Crippen molar-refractivity contribution in [3.8, 4) is 0 Å². The quantitative estimate of drug-likeness (QED) is 0.678. The summed E-state index contributed by atoms with van der Waals surface area (Å²) in [7, 11) is -3.23. The lowest BCUT2D eigenvalue weighted by atomic mass is 10.1. The van der Waals surface area contributed by atoms with E-state index < -0.39 is 10.0 Å². The maximum Gasteiger partial charge on any atom is 0.220 e. The highest BCUT2D eigenvalue weighted by Crippen LogP contribution is 2.03. The second-order valence-corrected chi connectivity index (χ2v) is 7.00. The van der Waals surface area contributed by atoms with E-state index in [-0.39, 0.29) is 24.1 Å². The molecule has 0 aliphatic carbocycles. The Morgan fingerprint density at radius 3 is 2.50 bits per heavy atom. The molecular formula is C11H23N3O3S. The minimum atomic E-state index is -3.23. The Morgan fingerprint density at radius 2 is 1.94 bits per heavy atom. The number of hydrogen-bond donors (Lipinski definition) is 2. The SMILES string of the molecule is CC(C)CC(=O)NCCS(=O)(=O)N1CCNCC1. The number of carbonyl (C=O) groups excluding carboxylic acids is 1. The van der Waals surface area contributed by atoms with Crippen molar-refractivity contribution in [3.05, 3.63) is 0 Å². The summed E-state index contributed by atoms with van der Waals surface area (Å²) in [4.78, 5) is 11.4. The first kappa shape index (κ1) is 15.4. The molecule has 106 valence electrons. The predicted octanol–water partition coefficient (Wildman–Crippen LogP) is -0.616. The zero-order valence-electron chi connectivity index (χ0n) is 11.1. The molecule has 0 saturated carbocycles. The van der Waals surface area contributed by atoms with Gasteiger partial charge in [0.05, 0.1) is 5.75 Å². The lowest BCUT2D eigenvalue weighted by Gasteiger charge is -2.26. The summed E-state index contributed by atoms with van der Waals surface area (Å²) < 4.78 is 25.4. The van der Waals surface area contributed by atoms with Gasteiger partial charge in [0, 0.05) is 39.1 Å². The van der Waals surface area contributed by atoms with Gasteiger partial charge in [-0.25, -0.2) is 8.42 Å². The van der Waals surface area contributed by atoms with E-state index in [4.69, 9.17) is 0 Å². The Balaban J connectivity index is 2.31. The van der Waals surface area contributed by atoms with Crippen LogP contribution in [0.4, 0.5) is 0 Å². The van der Waals surface area contributed by atoms with Crippen LogP contribution in [-0.2, 0) is 14.8 Å². The fourth-order valence-electron chi connectivity index (χ4n) is 1.81. The second-order valence-electron chi connectivity index (χ2n) is 4.91. The molecule has 1 fully saturated rings. The van der Waals surface area contributed by atoms with E-state index >= 15 is 0 Å². The Kier molecular flexibility index (Phi) is 6.04. The average molecular weight is 277 g/mol. The third kappa shape index (κ3) is 5.32. The van der Waals surface area contributed by atoms with E-state index in [1.165, 1.54) is 4.31 Å². The van der Waals surface area contributed by atoms with E-state index in [0.29, 0.717) is 32.6 Å². The molecule has 18 heavy (non-hydrogen) atoms. The Labute approximate surface area is 109 Å². The largest absolute Gasteiger partial charge is 0.355 e. The second kappa shape index (κ2) is 7.06. The number of carbonyl (C=O) groups is 1. The summed E-state index contributed by atoms with van der Waals surface area (Å²) in [6, 6.07) is 0. The third-order valence-corrected chi connectivity index (χ3v) is 4.62. The molecule has 7 heteroatoms. The van der Waals surface area contributed by atoms with Crippen molar-refractivity contribution in [2.75, 3.05) is 38.5 Å². The van der Waals surface area contributed by atoms with Gasteiger partial charge in [-0.05, 0) is 5.92 Å². The number of nitrogens with zero attached hydrogens (tertiary/aromatic N) is 1. The van der Waals surface area contributed by atoms with Crippen LogP contribution in [0.2, 0.25) is 0 Å². The van der Waals surface area contributed by atoms with Crippen LogP contribution in [0.25, 0.3) is 0 Å². The lowest BCUT2D eigenvalue weighted by Crippen LogP contribution is -2.48. The van der Waals surface area contributed by atoms with Crippen LogP contribution in [-0.4, -0.2) is 57.1 Å².